The van der Waals surface area contributed by atoms with Crippen LogP contribution < -0.4 is 0 Å². The molecule has 13 heavy (non-hydrogen) atoms. The van der Waals surface area contributed by atoms with Crippen molar-refractivity contribution in [3.63, 3.8) is 0 Å². The zero-order chi connectivity index (χ0) is 10.1. The molecule has 0 saturated carbocycles. The first-order valence-electron chi connectivity index (χ1n) is 4.70. The lowest BCUT2D eigenvalue weighted by atomic mass is 9.92. The monoisotopic (exact) mass is 180 g/mol. The fraction of sp³-hybridized carbons (Fsp3) is 0.500. The van der Waals surface area contributed by atoms with Gasteiger partial charge >= 0.3 is 0 Å². The van der Waals surface area contributed by atoms with E-state index in [0.717, 1.165) is 5.57 Å². The maximum absolute atomic E-state index is 13.3. The molecule has 1 heteroatoms. The molecule has 0 nitrogen and oxygen atoms in total. The van der Waals surface area contributed by atoms with E-state index >= 15 is 0 Å². The van der Waals surface area contributed by atoms with Crippen LogP contribution in [0.5, 0.6) is 0 Å². The Kier molecular flexibility index (Phi) is 2.74. The van der Waals surface area contributed by atoms with Crippen molar-refractivity contribution in [2.45, 2.75) is 27.7 Å². The minimum Gasteiger partial charge on any atom is -0.207 e. The smallest absolute Gasteiger partial charge is 0.120 e. The molecule has 0 heterocycles. The van der Waals surface area contributed by atoms with Crippen LogP contribution in [-0.2, 0) is 0 Å². The van der Waals surface area contributed by atoms with E-state index in [1.165, 1.54) is 0 Å². The van der Waals surface area contributed by atoms with Crippen molar-refractivity contribution in [2.75, 3.05) is 0 Å². The summed E-state index contributed by atoms with van der Waals surface area (Å²) in [4.78, 5) is 0. The van der Waals surface area contributed by atoms with Crippen LogP contribution in [0, 0.1) is 11.3 Å². The van der Waals surface area contributed by atoms with Gasteiger partial charge in [-0.2, -0.15) is 0 Å². The van der Waals surface area contributed by atoms with E-state index in [-0.39, 0.29) is 11.2 Å². The fourth-order valence-corrected chi connectivity index (χ4v) is 1.32. The van der Waals surface area contributed by atoms with Crippen LogP contribution in [0.2, 0.25) is 0 Å². The van der Waals surface area contributed by atoms with Gasteiger partial charge in [0, 0.05) is 5.41 Å². The van der Waals surface area contributed by atoms with Crippen LogP contribution in [0.15, 0.2) is 35.7 Å². The summed E-state index contributed by atoms with van der Waals surface area (Å²) in [5, 5.41) is 0. The van der Waals surface area contributed by atoms with Gasteiger partial charge in [0.2, 0.25) is 0 Å². The van der Waals surface area contributed by atoms with Gasteiger partial charge in [-0.05, 0) is 23.6 Å². The van der Waals surface area contributed by atoms with Gasteiger partial charge in [0.15, 0.2) is 0 Å². The van der Waals surface area contributed by atoms with Gasteiger partial charge in [0.05, 0.1) is 0 Å². The normalized spacial score (nSPS) is 21.1. The van der Waals surface area contributed by atoms with E-state index in [1.54, 1.807) is 12.2 Å². The highest BCUT2D eigenvalue weighted by Gasteiger charge is 2.15. The Balaban J connectivity index is 3.02. The topological polar surface area (TPSA) is 0 Å². The number of rotatable bonds is 1. The van der Waals surface area contributed by atoms with E-state index in [4.69, 9.17) is 0 Å². The molecule has 0 saturated heterocycles. The van der Waals surface area contributed by atoms with Crippen LogP contribution in [0.3, 0.4) is 0 Å². The first-order chi connectivity index (χ1) is 5.91. The van der Waals surface area contributed by atoms with Gasteiger partial charge in [0.25, 0.3) is 0 Å². The van der Waals surface area contributed by atoms with Crippen LogP contribution in [-0.4, -0.2) is 0 Å². The zero-order valence-electron chi connectivity index (χ0n) is 8.76. The lowest BCUT2D eigenvalue weighted by Gasteiger charge is -2.12. The molecule has 0 spiro atoms. The van der Waals surface area contributed by atoms with Crippen molar-refractivity contribution in [3.8, 4) is 0 Å². The predicted octanol–water partition coefficient (Wildman–Crippen LogP) is 4.02. The molecule has 1 aliphatic rings. The molecule has 0 radical (unpaired) electrons. The summed E-state index contributed by atoms with van der Waals surface area (Å²) in [6.45, 7) is 8.14. The second-order valence-corrected chi connectivity index (χ2v) is 4.48. The van der Waals surface area contributed by atoms with E-state index in [2.05, 4.69) is 13.8 Å². The fourth-order valence-electron chi connectivity index (χ4n) is 1.32. The molecule has 1 rings (SSSR count). The average molecular weight is 180 g/mol. The molecule has 0 bridgehead atoms. The summed E-state index contributed by atoms with van der Waals surface area (Å²) >= 11 is 0. The van der Waals surface area contributed by atoms with Crippen LogP contribution >= 0.6 is 0 Å². The van der Waals surface area contributed by atoms with Gasteiger partial charge in [0.1, 0.15) is 5.83 Å². The second kappa shape index (κ2) is 3.49. The molecule has 0 fully saturated rings. The second-order valence-electron chi connectivity index (χ2n) is 4.48. The maximum atomic E-state index is 13.3. The molecule has 0 atom stereocenters. The summed E-state index contributed by atoms with van der Waals surface area (Å²) in [5.74, 6) is 0.253. The zero-order valence-corrected chi connectivity index (χ0v) is 8.76. The molecule has 72 valence electrons. The van der Waals surface area contributed by atoms with Crippen molar-refractivity contribution in [1.29, 1.82) is 0 Å². The largest absolute Gasteiger partial charge is 0.207 e. The third-order valence-electron chi connectivity index (χ3n) is 2.19. The van der Waals surface area contributed by atoms with Crippen molar-refractivity contribution in [1.82, 2.24) is 0 Å². The number of halogens is 1. The van der Waals surface area contributed by atoms with E-state index in [9.17, 15) is 4.39 Å². The molecule has 1 aliphatic carbocycles. The molecule has 0 N–H and O–H groups in total. The summed E-state index contributed by atoms with van der Waals surface area (Å²) in [6, 6.07) is 0. The van der Waals surface area contributed by atoms with Gasteiger partial charge in [-0.1, -0.05) is 39.8 Å². The minimum atomic E-state index is -0.169. The van der Waals surface area contributed by atoms with Crippen molar-refractivity contribution in [3.05, 3.63) is 35.7 Å². The Morgan fingerprint density at radius 3 is 2.46 bits per heavy atom. The highest BCUT2D eigenvalue weighted by Crippen LogP contribution is 2.28. The first-order valence-corrected chi connectivity index (χ1v) is 4.70. The van der Waals surface area contributed by atoms with Crippen LogP contribution in [0.1, 0.15) is 27.7 Å². The Morgan fingerprint density at radius 1 is 1.31 bits per heavy atom. The summed E-state index contributed by atoms with van der Waals surface area (Å²) < 4.78 is 13.3. The van der Waals surface area contributed by atoms with Crippen molar-refractivity contribution < 1.29 is 4.39 Å². The average Bonchev–Trinajstić information content (AvgIpc) is 2.07. The standard InChI is InChI=1S/C12H17F/c1-9(2)10-5-6-12(3,4)8-11(13)7-10/h5-9H,1-4H3. The van der Waals surface area contributed by atoms with E-state index in [0.29, 0.717) is 5.92 Å². The van der Waals surface area contributed by atoms with E-state index in [1.807, 2.05) is 26.0 Å². The lowest BCUT2D eigenvalue weighted by Crippen LogP contribution is -2.01. The predicted molar refractivity (Wildman–Crippen MR) is 55.0 cm³/mol. The van der Waals surface area contributed by atoms with E-state index < -0.39 is 0 Å². The molecule has 0 unspecified atom stereocenters. The quantitative estimate of drug-likeness (QED) is 0.571. The Bertz CT molecular complexity index is 277. The van der Waals surface area contributed by atoms with Gasteiger partial charge in [-0.25, -0.2) is 4.39 Å². The Morgan fingerprint density at radius 2 is 1.92 bits per heavy atom. The third kappa shape index (κ3) is 2.83. The van der Waals surface area contributed by atoms with Gasteiger partial charge in [-0.15, -0.1) is 0 Å². The van der Waals surface area contributed by atoms with Crippen LogP contribution in [0.4, 0.5) is 4.39 Å². The first kappa shape index (κ1) is 10.2. The number of hydrogen-bond donors (Lipinski definition) is 0. The summed E-state index contributed by atoms with van der Waals surface area (Å²) in [5.41, 5.74) is 0.886. The molecule has 0 aromatic heterocycles. The SMILES string of the molecule is CC(C)C1=CC(F)=CC(C)(C)C=C1. The van der Waals surface area contributed by atoms with Gasteiger partial charge < -0.3 is 0 Å². The summed E-state index contributed by atoms with van der Waals surface area (Å²) in [7, 11) is 0. The Labute approximate surface area is 79.8 Å². The highest BCUT2D eigenvalue weighted by atomic mass is 19.1. The molecular formula is C12H17F. The number of hydrogen-bond acceptors (Lipinski definition) is 0. The maximum Gasteiger partial charge on any atom is 0.120 e. The molecule has 0 amide bonds. The minimum absolute atomic E-state index is 0.126. The molecular weight excluding hydrogens is 163 g/mol. The molecule has 0 aromatic rings. The lowest BCUT2D eigenvalue weighted by molar-refractivity contribution is 0.581. The molecule has 0 aromatic carbocycles. The van der Waals surface area contributed by atoms with Gasteiger partial charge in [-0.3, -0.25) is 0 Å². The summed E-state index contributed by atoms with van der Waals surface area (Å²) in [6.07, 6.45) is 7.34. The van der Waals surface area contributed by atoms with Crippen molar-refractivity contribution >= 4 is 0 Å². The highest BCUT2D eigenvalue weighted by molar-refractivity contribution is 5.34. The third-order valence-corrected chi connectivity index (χ3v) is 2.19. The van der Waals surface area contributed by atoms with Crippen LogP contribution in [0.25, 0.3) is 0 Å². The Hall–Kier alpha value is -0.850. The number of allylic oxidation sites excluding steroid dienone is 6. The van der Waals surface area contributed by atoms with Crippen molar-refractivity contribution in [2.24, 2.45) is 11.3 Å². The molecule has 0 aliphatic heterocycles.